The molecule has 102 valence electrons. The van der Waals surface area contributed by atoms with Gasteiger partial charge < -0.3 is 4.42 Å². The molecular weight excluding hydrogens is 274 g/mol. The first-order valence-corrected chi connectivity index (χ1v) is 6.68. The summed E-state index contributed by atoms with van der Waals surface area (Å²) in [7, 11) is 0. The molecule has 0 radical (unpaired) electrons. The number of hydrogen-bond donors (Lipinski definition) is 2. The maximum atomic E-state index is 6.12. The molecule has 5 heteroatoms. The van der Waals surface area contributed by atoms with Crippen LogP contribution in [0.3, 0.4) is 0 Å². The highest BCUT2D eigenvalue weighted by molar-refractivity contribution is 6.34. The Labute approximate surface area is 121 Å². The molecule has 0 aliphatic carbocycles. The van der Waals surface area contributed by atoms with Crippen molar-refractivity contribution < 1.29 is 4.42 Å². The molecule has 1 aromatic carbocycles. The lowest BCUT2D eigenvalue weighted by Gasteiger charge is -2.12. The highest BCUT2D eigenvalue weighted by atomic mass is 35.5. The number of hydrazine groups is 1. The maximum Gasteiger partial charge on any atom is 0.152 e. The van der Waals surface area contributed by atoms with Crippen LogP contribution >= 0.6 is 11.6 Å². The molecule has 3 rings (SSSR count). The van der Waals surface area contributed by atoms with Gasteiger partial charge in [0.25, 0.3) is 0 Å². The summed E-state index contributed by atoms with van der Waals surface area (Å²) in [6, 6.07) is 11.4. The molecule has 20 heavy (non-hydrogen) atoms. The largest absolute Gasteiger partial charge is 0.458 e. The fraction of sp³-hybridized carbons (Fsp3) is 0.133. The molecule has 2 heterocycles. The Bertz CT molecular complexity index is 711. The van der Waals surface area contributed by atoms with Gasteiger partial charge in [0.05, 0.1) is 11.1 Å². The third-order valence-corrected chi connectivity index (χ3v) is 3.52. The van der Waals surface area contributed by atoms with Gasteiger partial charge in [-0.15, -0.1) is 0 Å². The lowest BCUT2D eigenvalue weighted by atomic mass is 10.1. The SMILES string of the molecule is NNC(Cc1cccnc1)c1cc2cccc(Cl)c2o1. The summed E-state index contributed by atoms with van der Waals surface area (Å²) in [5.41, 5.74) is 4.56. The summed E-state index contributed by atoms with van der Waals surface area (Å²) >= 11 is 6.12. The van der Waals surface area contributed by atoms with Gasteiger partial charge in [0.15, 0.2) is 5.58 Å². The van der Waals surface area contributed by atoms with E-state index in [1.807, 2.05) is 42.6 Å². The number of nitrogens with zero attached hydrogens (tertiary/aromatic N) is 1. The Morgan fingerprint density at radius 3 is 2.90 bits per heavy atom. The molecule has 0 aliphatic rings. The van der Waals surface area contributed by atoms with Gasteiger partial charge in [-0.3, -0.25) is 10.8 Å². The number of aromatic nitrogens is 1. The molecule has 3 N–H and O–H groups in total. The fourth-order valence-corrected chi connectivity index (χ4v) is 2.44. The molecule has 0 bridgehead atoms. The molecule has 1 atom stereocenters. The summed E-state index contributed by atoms with van der Waals surface area (Å²) in [6.45, 7) is 0. The van der Waals surface area contributed by atoms with Crippen molar-refractivity contribution in [2.75, 3.05) is 0 Å². The van der Waals surface area contributed by atoms with Gasteiger partial charge in [0, 0.05) is 17.8 Å². The Morgan fingerprint density at radius 1 is 1.30 bits per heavy atom. The molecule has 2 aromatic heterocycles. The van der Waals surface area contributed by atoms with Crippen LogP contribution in [0.2, 0.25) is 5.02 Å². The standard InChI is InChI=1S/C15H14ClN3O/c16-12-5-1-4-11-8-14(20-15(11)12)13(19-17)7-10-3-2-6-18-9-10/h1-6,8-9,13,19H,7,17H2. The third kappa shape index (κ3) is 2.54. The molecule has 0 saturated carbocycles. The molecule has 0 fully saturated rings. The van der Waals surface area contributed by atoms with Gasteiger partial charge in [-0.05, 0) is 30.2 Å². The van der Waals surface area contributed by atoms with Crippen molar-refractivity contribution in [3.05, 3.63) is 65.1 Å². The number of furan rings is 1. The minimum Gasteiger partial charge on any atom is -0.458 e. The van der Waals surface area contributed by atoms with Crippen LogP contribution in [0.1, 0.15) is 17.4 Å². The molecular formula is C15H14ClN3O. The van der Waals surface area contributed by atoms with Crippen LogP contribution in [-0.4, -0.2) is 4.98 Å². The van der Waals surface area contributed by atoms with Crippen LogP contribution in [0, 0.1) is 0 Å². The third-order valence-electron chi connectivity index (χ3n) is 3.22. The monoisotopic (exact) mass is 287 g/mol. The minimum absolute atomic E-state index is 0.123. The molecule has 0 saturated heterocycles. The number of nitrogens with two attached hydrogens (primary N) is 1. The van der Waals surface area contributed by atoms with E-state index in [1.165, 1.54) is 0 Å². The van der Waals surface area contributed by atoms with E-state index in [-0.39, 0.29) is 6.04 Å². The average Bonchev–Trinajstić information content (AvgIpc) is 2.91. The number of hydrogen-bond acceptors (Lipinski definition) is 4. The van der Waals surface area contributed by atoms with Gasteiger partial charge in [0.1, 0.15) is 5.76 Å². The van der Waals surface area contributed by atoms with Crippen LogP contribution in [0.15, 0.2) is 53.2 Å². The first-order chi connectivity index (χ1) is 9.78. The van der Waals surface area contributed by atoms with Crippen LogP contribution in [0.25, 0.3) is 11.0 Å². The Morgan fingerprint density at radius 2 is 2.20 bits per heavy atom. The second-order valence-corrected chi connectivity index (χ2v) is 5.00. The lowest BCUT2D eigenvalue weighted by Crippen LogP contribution is -2.29. The molecule has 0 amide bonds. The lowest BCUT2D eigenvalue weighted by molar-refractivity contribution is 0.434. The number of fused-ring (bicyclic) bond motifs is 1. The second kappa shape index (κ2) is 5.63. The molecule has 3 aromatic rings. The average molecular weight is 288 g/mol. The smallest absolute Gasteiger partial charge is 0.152 e. The number of para-hydroxylation sites is 1. The van der Waals surface area contributed by atoms with Gasteiger partial charge in [-0.2, -0.15) is 0 Å². The van der Waals surface area contributed by atoms with Gasteiger partial charge in [-0.1, -0.05) is 29.8 Å². The van der Waals surface area contributed by atoms with Crippen molar-refractivity contribution in [3.63, 3.8) is 0 Å². The fourth-order valence-electron chi connectivity index (χ4n) is 2.22. The van der Waals surface area contributed by atoms with E-state index in [4.69, 9.17) is 21.9 Å². The number of nitrogens with one attached hydrogen (secondary N) is 1. The number of halogens is 1. The zero-order chi connectivity index (χ0) is 13.9. The van der Waals surface area contributed by atoms with Gasteiger partial charge >= 0.3 is 0 Å². The van der Waals surface area contributed by atoms with E-state index in [0.29, 0.717) is 17.0 Å². The topological polar surface area (TPSA) is 64.1 Å². The zero-order valence-corrected chi connectivity index (χ0v) is 11.5. The molecule has 1 unspecified atom stereocenters. The van der Waals surface area contributed by atoms with E-state index < -0.39 is 0 Å². The summed E-state index contributed by atoms with van der Waals surface area (Å²) in [4.78, 5) is 4.10. The maximum absolute atomic E-state index is 6.12. The van der Waals surface area contributed by atoms with E-state index in [9.17, 15) is 0 Å². The highest BCUT2D eigenvalue weighted by Gasteiger charge is 2.16. The number of benzene rings is 1. The van der Waals surface area contributed by atoms with E-state index in [2.05, 4.69) is 10.4 Å². The minimum atomic E-state index is -0.123. The summed E-state index contributed by atoms with van der Waals surface area (Å²) in [5.74, 6) is 6.41. The van der Waals surface area contributed by atoms with Crippen molar-refractivity contribution >= 4 is 22.6 Å². The van der Waals surface area contributed by atoms with Crippen LogP contribution in [-0.2, 0) is 6.42 Å². The summed E-state index contributed by atoms with van der Waals surface area (Å²) in [6.07, 6.45) is 4.26. The number of pyridine rings is 1. The van der Waals surface area contributed by atoms with Gasteiger partial charge in [0.2, 0.25) is 0 Å². The van der Waals surface area contributed by atoms with E-state index in [0.717, 1.165) is 16.7 Å². The van der Waals surface area contributed by atoms with Gasteiger partial charge in [-0.25, -0.2) is 5.43 Å². The van der Waals surface area contributed by atoms with Crippen molar-refractivity contribution in [1.29, 1.82) is 0 Å². The van der Waals surface area contributed by atoms with Crippen molar-refractivity contribution in [3.8, 4) is 0 Å². The van der Waals surface area contributed by atoms with Crippen molar-refractivity contribution in [2.24, 2.45) is 5.84 Å². The zero-order valence-electron chi connectivity index (χ0n) is 10.7. The Balaban J connectivity index is 1.93. The molecule has 0 aliphatic heterocycles. The Hall–Kier alpha value is -1.88. The predicted octanol–water partition coefficient (Wildman–Crippen LogP) is 3.23. The number of rotatable bonds is 4. The molecule has 0 spiro atoms. The van der Waals surface area contributed by atoms with E-state index >= 15 is 0 Å². The van der Waals surface area contributed by atoms with Crippen LogP contribution in [0.4, 0.5) is 0 Å². The Kier molecular flexibility index (Phi) is 3.69. The van der Waals surface area contributed by atoms with Crippen molar-refractivity contribution in [2.45, 2.75) is 12.5 Å². The highest BCUT2D eigenvalue weighted by Crippen LogP contribution is 2.30. The summed E-state index contributed by atoms with van der Waals surface area (Å²) < 4.78 is 5.83. The second-order valence-electron chi connectivity index (χ2n) is 4.59. The first kappa shape index (κ1) is 13.1. The first-order valence-electron chi connectivity index (χ1n) is 6.31. The predicted molar refractivity (Wildman–Crippen MR) is 79.2 cm³/mol. The molecule has 4 nitrogen and oxygen atoms in total. The summed E-state index contributed by atoms with van der Waals surface area (Å²) in [5, 5.41) is 1.57. The normalized spacial score (nSPS) is 12.7. The van der Waals surface area contributed by atoms with Crippen LogP contribution < -0.4 is 11.3 Å². The van der Waals surface area contributed by atoms with E-state index in [1.54, 1.807) is 6.20 Å². The van der Waals surface area contributed by atoms with Crippen molar-refractivity contribution in [1.82, 2.24) is 10.4 Å². The quantitative estimate of drug-likeness (QED) is 0.571. The van der Waals surface area contributed by atoms with Crippen LogP contribution in [0.5, 0.6) is 0 Å².